The number of anilines is 2. The molecule has 0 radical (unpaired) electrons. The number of nitrogens with zero attached hydrogens (tertiary/aromatic N) is 7. The second-order valence-corrected chi connectivity index (χ2v) is 12.3. The van der Waals surface area contributed by atoms with Crippen molar-refractivity contribution in [1.29, 1.82) is 5.26 Å². The summed E-state index contributed by atoms with van der Waals surface area (Å²) in [5, 5.41) is 20.2. The van der Waals surface area contributed by atoms with Crippen LogP contribution in [-0.2, 0) is 14.3 Å². The maximum Gasteiger partial charge on any atom is 0.326 e. The Morgan fingerprint density at radius 3 is 2.73 bits per heavy atom. The number of hydrogen-bond acceptors (Lipinski definition) is 12. The van der Waals surface area contributed by atoms with Crippen molar-refractivity contribution in [2.24, 2.45) is 0 Å². The Kier molecular flexibility index (Phi) is 7.49. The van der Waals surface area contributed by atoms with Gasteiger partial charge in [-0.15, -0.1) is 0 Å². The molecule has 4 aromatic heterocycles. The van der Waals surface area contributed by atoms with Crippen LogP contribution in [0.25, 0.3) is 33.2 Å². The molecule has 1 spiro atoms. The summed E-state index contributed by atoms with van der Waals surface area (Å²) in [7, 11) is 0. The highest BCUT2D eigenvalue weighted by Crippen LogP contribution is 2.42. The number of pyridine rings is 2. The van der Waals surface area contributed by atoms with E-state index in [1.807, 2.05) is 13.0 Å². The number of furan rings is 1. The summed E-state index contributed by atoms with van der Waals surface area (Å²) in [6.45, 7) is 3.90. The molecule has 0 saturated carbocycles. The SMILES string of the molecule is C[C@@H]1N(c2cc(-c3ccnc(C#N)c3)cnc2OC2C[C@@H](C(=O)O)N(c3nc(C(F)F)nc4c3oc3ccccc34)C2)CCOC12COC2. The van der Waals surface area contributed by atoms with E-state index in [2.05, 4.69) is 25.9 Å². The molecule has 3 atom stereocenters. The Labute approximate surface area is 277 Å². The highest BCUT2D eigenvalue weighted by Gasteiger charge is 2.50. The maximum absolute atomic E-state index is 14.1. The van der Waals surface area contributed by atoms with Crippen LogP contribution in [0.2, 0.25) is 0 Å². The number of morpholine rings is 1. The van der Waals surface area contributed by atoms with Crippen LogP contribution in [0.4, 0.5) is 20.3 Å². The van der Waals surface area contributed by atoms with Gasteiger partial charge in [-0.3, -0.25) is 0 Å². The number of carboxylic acids is 1. The van der Waals surface area contributed by atoms with Crippen molar-refractivity contribution in [3.05, 3.63) is 66.4 Å². The molecule has 0 bridgehead atoms. The van der Waals surface area contributed by atoms with Crippen molar-refractivity contribution < 1.29 is 37.3 Å². The minimum Gasteiger partial charge on any atom is -0.480 e. The molecule has 13 nitrogen and oxygen atoms in total. The fraction of sp³-hybridized carbons (Fsp3) is 0.353. The van der Waals surface area contributed by atoms with Crippen LogP contribution in [-0.4, -0.2) is 87.7 Å². The molecule has 8 rings (SSSR count). The molecule has 1 aromatic carbocycles. The Balaban J connectivity index is 1.18. The predicted octanol–water partition coefficient (Wildman–Crippen LogP) is 4.75. The van der Waals surface area contributed by atoms with Gasteiger partial charge in [-0.25, -0.2) is 33.5 Å². The van der Waals surface area contributed by atoms with E-state index < -0.39 is 36.0 Å². The smallest absolute Gasteiger partial charge is 0.326 e. The third kappa shape index (κ3) is 5.24. The van der Waals surface area contributed by atoms with E-state index in [0.717, 1.165) is 11.1 Å². The van der Waals surface area contributed by atoms with Crippen molar-refractivity contribution in [2.75, 3.05) is 42.7 Å². The third-order valence-electron chi connectivity index (χ3n) is 9.51. The standard InChI is InChI=1S/C34H29F2N7O6/c1-18-34(16-46-17-34)47-9-8-42(18)24-11-20(19-6-7-38-21(10-19)13-37)14-39-32(24)48-22-12-25(33(44)45)43(15-22)31-28-27(40-30(41-31)29(35)36)23-4-2-3-5-26(23)49-28/h2-7,10-11,14,18,22,25,29H,8-9,12,15-17H2,1H3,(H,44,45)/t18-,22?,25-/m0/s1. The van der Waals surface area contributed by atoms with Gasteiger partial charge in [0.1, 0.15) is 46.3 Å². The van der Waals surface area contributed by atoms with Gasteiger partial charge in [0.05, 0.1) is 32.4 Å². The third-order valence-corrected chi connectivity index (χ3v) is 9.51. The number of hydrogen-bond donors (Lipinski definition) is 1. The van der Waals surface area contributed by atoms with Crippen molar-refractivity contribution in [3.63, 3.8) is 0 Å². The first-order chi connectivity index (χ1) is 23.7. The van der Waals surface area contributed by atoms with Gasteiger partial charge in [0, 0.05) is 36.3 Å². The molecule has 49 heavy (non-hydrogen) atoms. The molecule has 3 aliphatic rings. The Morgan fingerprint density at radius 1 is 1.14 bits per heavy atom. The van der Waals surface area contributed by atoms with Crippen molar-refractivity contribution in [1.82, 2.24) is 19.9 Å². The normalized spacial score (nSPS) is 21.7. The lowest BCUT2D eigenvalue weighted by molar-refractivity contribution is -0.228. The summed E-state index contributed by atoms with van der Waals surface area (Å²) in [5.74, 6) is -1.68. The van der Waals surface area contributed by atoms with Crippen molar-refractivity contribution in [3.8, 4) is 23.1 Å². The summed E-state index contributed by atoms with van der Waals surface area (Å²) in [4.78, 5) is 33.2. The molecule has 250 valence electrons. The van der Waals surface area contributed by atoms with Crippen LogP contribution in [0, 0.1) is 11.3 Å². The number of nitriles is 1. The van der Waals surface area contributed by atoms with E-state index in [1.165, 1.54) is 4.90 Å². The average Bonchev–Trinajstić information content (AvgIpc) is 3.69. The minimum absolute atomic E-state index is 0.00198. The van der Waals surface area contributed by atoms with Crippen LogP contribution in [0.3, 0.4) is 0 Å². The number of aromatic nitrogens is 4. The molecule has 0 aliphatic carbocycles. The molecule has 3 aliphatic heterocycles. The number of halogens is 2. The van der Waals surface area contributed by atoms with Crippen molar-refractivity contribution >= 4 is 39.5 Å². The highest BCUT2D eigenvalue weighted by atomic mass is 19.3. The lowest BCUT2D eigenvalue weighted by Gasteiger charge is -2.53. The Bertz CT molecular complexity index is 2130. The number of alkyl halides is 2. The van der Waals surface area contributed by atoms with Gasteiger partial charge in [-0.1, -0.05) is 12.1 Å². The summed E-state index contributed by atoms with van der Waals surface area (Å²) >= 11 is 0. The summed E-state index contributed by atoms with van der Waals surface area (Å²) in [6, 6.07) is 13.0. The van der Waals surface area contributed by atoms with Gasteiger partial charge >= 0.3 is 5.97 Å². The monoisotopic (exact) mass is 669 g/mol. The van der Waals surface area contributed by atoms with Gasteiger partial charge < -0.3 is 33.5 Å². The quantitative estimate of drug-likeness (QED) is 0.253. The van der Waals surface area contributed by atoms with E-state index in [-0.39, 0.29) is 47.5 Å². The topological polar surface area (TPSA) is 160 Å². The fourth-order valence-electron chi connectivity index (χ4n) is 6.86. The van der Waals surface area contributed by atoms with Crippen LogP contribution in [0.1, 0.15) is 31.3 Å². The predicted molar refractivity (Wildman–Crippen MR) is 171 cm³/mol. The van der Waals surface area contributed by atoms with E-state index in [0.29, 0.717) is 43.0 Å². The zero-order chi connectivity index (χ0) is 33.9. The molecule has 15 heteroatoms. The molecular formula is C34H29F2N7O6. The van der Waals surface area contributed by atoms with E-state index in [9.17, 15) is 23.9 Å². The lowest BCUT2D eigenvalue weighted by atomic mass is 9.90. The number of benzene rings is 1. The molecule has 3 fully saturated rings. The molecule has 7 heterocycles. The molecule has 1 N–H and O–H groups in total. The Morgan fingerprint density at radius 2 is 1.98 bits per heavy atom. The van der Waals surface area contributed by atoms with Gasteiger partial charge in [0.2, 0.25) is 5.88 Å². The van der Waals surface area contributed by atoms with E-state index >= 15 is 0 Å². The number of fused-ring (bicyclic) bond motifs is 3. The van der Waals surface area contributed by atoms with Gasteiger partial charge in [-0.05, 0) is 42.8 Å². The summed E-state index contributed by atoms with van der Waals surface area (Å²) in [6.07, 6.45) is -0.516. The number of para-hydroxylation sites is 1. The molecule has 1 unspecified atom stereocenters. The first kappa shape index (κ1) is 30.8. The first-order valence-corrected chi connectivity index (χ1v) is 15.7. The number of aliphatic carboxylic acids is 1. The molecule has 5 aromatic rings. The maximum atomic E-state index is 14.1. The van der Waals surface area contributed by atoms with Crippen LogP contribution in [0.15, 0.2) is 59.3 Å². The van der Waals surface area contributed by atoms with E-state index in [1.54, 1.807) is 48.8 Å². The van der Waals surface area contributed by atoms with Gasteiger partial charge in [0.25, 0.3) is 6.43 Å². The van der Waals surface area contributed by atoms with E-state index in [4.69, 9.17) is 23.6 Å². The van der Waals surface area contributed by atoms with Crippen LogP contribution < -0.4 is 14.5 Å². The largest absolute Gasteiger partial charge is 0.480 e. The van der Waals surface area contributed by atoms with Gasteiger partial charge in [-0.2, -0.15) is 5.26 Å². The molecular weight excluding hydrogens is 640 g/mol. The fourth-order valence-corrected chi connectivity index (χ4v) is 6.86. The van der Waals surface area contributed by atoms with Crippen molar-refractivity contribution in [2.45, 2.75) is 43.6 Å². The molecule has 3 saturated heterocycles. The van der Waals surface area contributed by atoms with Crippen LogP contribution in [0.5, 0.6) is 5.88 Å². The number of rotatable bonds is 7. The highest BCUT2D eigenvalue weighted by molar-refractivity contribution is 6.06. The minimum atomic E-state index is -3.00. The second-order valence-electron chi connectivity index (χ2n) is 12.3. The van der Waals surface area contributed by atoms with Gasteiger partial charge in [0.15, 0.2) is 17.2 Å². The lowest BCUT2D eigenvalue weighted by Crippen LogP contribution is -2.68. The summed E-state index contributed by atoms with van der Waals surface area (Å²) < 4.78 is 52.3. The average molecular weight is 670 g/mol. The Hall–Kier alpha value is -5.46. The molecule has 0 amide bonds. The first-order valence-electron chi connectivity index (χ1n) is 15.7. The number of ether oxygens (including phenoxy) is 3. The zero-order valence-corrected chi connectivity index (χ0v) is 26.1. The number of carbonyl (C=O) groups is 1. The number of carboxylic acid groups (broad SMARTS) is 1. The second kappa shape index (κ2) is 11.9. The zero-order valence-electron chi connectivity index (χ0n) is 26.1. The summed E-state index contributed by atoms with van der Waals surface area (Å²) in [5.41, 5.74) is 2.58. The van der Waals surface area contributed by atoms with Crippen LogP contribution >= 0.6 is 0 Å².